The summed E-state index contributed by atoms with van der Waals surface area (Å²) in [6, 6.07) is 17.4. The van der Waals surface area contributed by atoms with Crippen molar-refractivity contribution in [1.29, 1.82) is 0 Å². The third-order valence-electron chi connectivity index (χ3n) is 5.42. The lowest BCUT2D eigenvalue weighted by atomic mass is 9.93. The Hall–Kier alpha value is -3.61. The van der Waals surface area contributed by atoms with Crippen LogP contribution in [0.2, 0.25) is 0 Å². The Morgan fingerprint density at radius 1 is 1.17 bits per heavy atom. The number of nitrogens with zero attached hydrogens (tertiary/aromatic N) is 3. The number of benzene rings is 1. The van der Waals surface area contributed by atoms with Crippen LogP contribution in [0.15, 0.2) is 76.5 Å². The Morgan fingerprint density at radius 3 is 2.90 bits per heavy atom. The molecule has 1 amide bonds. The molecule has 7 nitrogen and oxygen atoms in total. The second-order valence-electron chi connectivity index (χ2n) is 7.34. The Balaban J connectivity index is 1.46. The van der Waals surface area contributed by atoms with Crippen LogP contribution in [-0.2, 0) is 6.54 Å². The van der Waals surface area contributed by atoms with Gasteiger partial charge in [-0.3, -0.25) is 9.79 Å². The van der Waals surface area contributed by atoms with Crippen molar-refractivity contribution in [3.05, 3.63) is 78.4 Å². The molecule has 2 aliphatic rings. The Bertz CT molecular complexity index is 1050. The van der Waals surface area contributed by atoms with Crippen LogP contribution in [0.1, 0.15) is 22.5 Å². The molecular formula is C22H21N5O2. The quantitative estimate of drug-likeness (QED) is 0.720. The predicted octanol–water partition coefficient (Wildman–Crippen LogP) is 3.40. The molecule has 1 atom stereocenters. The molecular weight excluding hydrogens is 366 g/mol. The number of hydrogen-bond donors (Lipinski definition) is 2. The Kier molecular flexibility index (Phi) is 4.27. The van der Waals surface area contributed by atoms with E-state index in [1.165, 1.54) is 6.26 Å². The lowest BCUT2D eigenvalue weighted by molar-refractivity contribution is 0.0757. The zero-order chi connectivity index (χ0) is 19.7. The number of likely N-dealkylation sites (tertiary alicyclic amines) is 1. The van der Waals surface area contributed by atoms with Crippen molar-refractivity contribution >= 4 is 23.2 Å². The molecule has 0 saturated carbocycles. The number of fused-ring (bicyclic) bond motifs is 1. The van der Waals surface area contributed by atoms with Crippen molar-refractivity contribution in [2.75, 3.05) is 23.7 Å². The van der Waals surface area contributed by atoms with Gasteiger partial charge in [0.25, 0.3) is 5.91 Å². The number of rotatable bonds is 3. The van der Waals surface area contributed by atoms with Crippen molar-refractivity contribution in [3.8, 4) is 0 Å². The van der Waals surface area contributed by atoms with Gasteiger partial charge in [-0.25, -0.2) is 4.98 Å². The van der Waals surface area contributed by atoms with Gasteiger partial charge in [0.1, 0.15) is 11.4 Å². The fraction of sp³-hybridized carbons (Fsp3) is 0.227. The highest BCUT2D eigenvalue weighted by atomic mass is 16.3. The lowest BCUT2D eigenvalue weighted by Crippen LogP contribution is -2.55. The minimum Gasteiger partial charge on any atom is -0.459 e. The molecule has 2 N–H and O–H groups in total. The normalized spacial score (nSPS) is 21.7. The first-order valence-corrected chi connectivity index (χ1v) is 9.65. The van der Waals surface area contributed by atoms with E-state index in [1.54, 1.807) is 18.3 Å². The largest absolute Gasteiger partial charge is 0.459 e. The van der Waals surface area contributed by atoms with Crippen molar-refractivity contribution in [1.82, 2.24) is 9.88 Å². The molecule has 2 aliphatic heterocycles. The number of carbonyl (C=O) groups is 1. The second-order valence-corrected chi connectivity index (χ2v) is 7.34. The summed E-state index contributed by atoms with van der Waals surface area (Å²) in [4.78, 5) is 23.9. The first kappa shape index (κ1) is 17.5. The van der Waals surface area contributed by atoms with Crippen LogP contribution in [0.4, 0.5) is 11.5 Å². The summed E-state index contributed by atoms with van der Waals surface area (Å²) >= 11 is 0. The SMILES string of the molecule is O=C(c1ccco1)N1CC[C@]2(C1)Nc1cccnc1NC2=NCc1ccccc1. The molecule has 146 valence electrons. The first-order valence-electron chi connectivity index (χ1n) is 9.65. The van der Waals surface area contributed by atoms with E-state index >= 15 is 0 Å². The molecule has 1 fully saturated rings. The molecule has 2 aromatic heterocycles. The molecule has 1 spiro atoms. The average Bonchev–Trinajstić information content (AvgIpc) is 3.44. The van der Waals surface area contributed by atoms with Gasteiger partial charge in [-0.15, -0.1) is 0 Å². The minimum absolute atomic E-state index is 0.104. The molecule has 1 saturated heterocycles. The van der Waals surface area contributed by atoms with Crippen LogP contribution < -0.4 is 10.6 Å². The maximum atomic E-state index is 12.8. The van der Waals surface area contributed by atoms with E-state index < -0.39 is 5.54 Å². The highest BCUT2D eigenvalue weighted by molar-refractivity contribution is 6.09. The standard InChI is InChI=1S/C22H21N5O2/c28-20(18-9-5-13-29-18)27-12-10-22(15-27)21(24-14-16-6-2-1-3-7-16)25-19-17(26-22)8-4-11-23-19/h1-9,11,13,26H,10,12,14-15H2,(H,23,24,25)/t22-/m1/s1. The number of aliphatic imine (C=N–C) groups is 1. The zero-order valence-electron chi connectivity index (χ0n) is 15.8. The second kappa shape index (κ2) is 7.09. The van der Waals surface area contributed by atoms with Crippen LogP contribution in [0.3, 0.4) is 0 Å². The first-order chi connectivity index (χ1) is 14.2. The zero-order valence-corrected chi connectivity index (χ0v) is 15.8. The monoisotopic (exact) mass is 387 g/mol. The third-order valence-corrected chi connectivity index (χ3v) is 5.42. The van der Waals surface area contributed by atoms with Gasteiger partial charge in [-0.1, -0.05) is 30.3 Å². The number of hydrogen-bond acceptors (Lipinski definition) is 5. The van der Waals surface area contributed by atoms with Gasteiger partial charge < -0.3 is 20.0 Å². The summed E-state index contributed by atoms with van der Waals surface area (Å²) in [5, 5.41) is 7.02. The summed E-state index contributed by atoms with van der Waals surface area (Å²) in [6.07, 6.45) is 4.02. The van der Waals surface area contributed by atoms with Crippen molar-refractivity contribution in [2.45, 2.75) is 18.5 Å². The van der Waals surface area contributed by atoms with Gasteiger partial charge in [-0.05, 0) is 36.2 Å². The molecule has 1 aromatic carbocycles. The summed E-state index contributed by atoms with van der Waals surface area (Å²) in [5.41, 5.74) is 1.57. The van der Waals surface area contributed by atoms with E-state index in [1.807, 2.05) is 35.2 Å². The fourth-order valence-electron chi connectivity index (χ4n) is 3.93. The molecule has 5 rings (SSSR count). The summed E-state index contributed by atoms with van der Waals surface area (Å²) in [6.45, 7) is 1.68. The smallest absolute Gasteiger partial charge is 0.289 e. The van der Waals surface area contributed by atoms with Crippen molar-refractivity contribution in [3.63, 3.8) is 0 Å². The van der Waals surface area contributed by atoms with E-state index in [0.29, 0.717) is 25.4 Å². The summed E-state index contributed by atoms with van der Waals surface area (Å²) < 4.78 is 5.30. The number of amidine groups is 1. The number of anilines is 2. The number of carbonyl (C=O) groups excluding carboxylic acids is 1. The highest BCUT2D eigenvalue weighted by Crippen LogP contribution is 2.36. The molecule has 29 heavy (non-hydrogen) atoms. The molecule has 4 heterocycles. The number of amides is 1. The Labute approximate surface area is 168 Å². The van der Waals surface area contributed by atoms with Gasteiger partial charge in [0.15, 0.2) is 11.6 Å². The summed E-state index contributed by atoms with van der Waals surface area (Å²) in [5.74, 6) is 1.81. The van der Waals surface area contributed by atoms with Gasteiger partial charge >= 0.3 is 0 Å². The molecule has 0 unspecified atom stereocenters. The molecule has 7 heteroatoms. The van der Waals surface area contributed by atoms with Crippen molar-refractivity contribution in [2.24, 2.45) is 4.99 Å². The van der Waals surface area contributed by atoms with Crippen LogP contribution in [-0.4, -0.2) is 40.3 Å². The number of pyridine rings is 1. The lowest BCUT2D eigenvalue weighted by Gasteiger charge is -2.38. The maximum absolute atomic E-state index is 12.8. The van der Waals surface area contributed by atoms with Crippen molar-refractivity contribution < 1.29 is 9.21 Å². The topological polar surface area (TPSA) is 82.8 Å². The van der Waals surface area contributed by atoms with E-state index in [0.717, 1.165) is 29.3 Å². The van der Waals surface area contributed by atoms with Crippen LogP contribution >= 0.6 is 0 Å². The van der Waals surface area contributed by atoms with E-state index in [-0.39, 0.29) is 5.91 Å². The predicted molar refractivity (Wildman–Crippen MR) is 111 cm³/mol. The highest BCUT2D eigenvalue weighted by Gasteiger charge is 2.47. The number of aromatic nitrogens is 1. The van der Waals surface area contributed by atoms with Gasteiger partial charge in [-0.2, -0.15) is 0 Å². The fourth-order valence-corrected chi connectivity index (χ4v) is 3.93. The average molecular weight is 387 g/mol. The van der Waals surface area contributed by atoms with Gasteiger partial charge in [0.2, 0.25) is 0 Å². The molecule has 0 aliphatic carbocycles. The van der Waals surface area contributed by atoms with E-state index in [4.69, 9.17) is 9.41 Å². The Morgan fingerprint density at radius 2 is 2.07 bits per heavy atom. The van der Waals surface area contributed by atoms with Crippen LogP contribution in [0.25, 0.3) is 0 Å². The minimum atomic E-state index is -0.479. The van der Waals surface area contributed by atoms with Gasteiger partial charge in [0, 0.05) is 12.7 Å². The number of furan rings is 1. The van der Waals surface area contributed by atoms with E-state index in [9.17, 15) is 4.79 Å². The maximum Gasteiger partial charge on any atom is 0.289 e. The molecule has 0 radical (unpaired) electrons. The molecule has 3 aromatic rings. The van der Waals surface area contributed by atoms with Crippen LogP contribution in [0, 0.1) is 0 Å². The van der Waals surface area contributed by atoms with Gasteiger partial charge in [0.05, 0.1) is 25.0 Å². The third kappa shape index (κ3) is 3.24. The van der Waals surface area contributed by atoms with E-state index in [2.05, 4.69) is 27.8 Å². The van der Waals surface area contributed by atoms with Crippen LogP contribution in [0.5, 0.6) is 0 Å². The summed E-state index contributed by atoms with van der Waals surface area (Å²) in [7, 11) is 0. The molecule has 0 bridgehead atoms. The number of nitrogens with one attached hydrogen (secondary N) is 2.